The molecule has 3 aromatic rings. The Morgan fingerprint density at radius 1 is 0.805 bits per heavy atom. The van der Waals surface area contributed by atoms with Crippen LogP contribution in [0.5, 0.6) is 11.5 Å². The third-order valence-electron chi connectivity index (χ3n) is 6.12. The largest absolute Gasteiger partial charge is 0.497 e. The Bertz CT molecular complexity index is 1370. The SMILES string of the molecule is COc1ccc(C(=O)Nc2ccc(N3CCN(c4cccc(OC)c4)CC3)c(C(=O)O)c2)cc1.O=C(O)C(F)(F)F. The second-order valence-electron chi connectivity index (χ2n) is 8.70. The maximum absolute atomic E-state index is 12.6. The van der Waals surface area contributed by atoms with E-state index in [0.29, 0.717) is 35.8 Å². The van der Waals surface area contributed by atoms with Crippen molar-refractivity contribution in [1.29, 1.82) is 0 Å². The van der Waals surface area contributed by atoms with Crippen molar-refractivity contribution in [1.82, 2.24) is 0 Å². The highest BCUT2D eigenvalue weighted by atomic mass is 19.4. The number of hydrogen-bond donors (Lipinski definition) is 3. The Hall–Kier alpha value is -4.94. The van der Waals surface area contributed by atoms with Crippen molar-refractivity contribution in [3.05, 3.63) is 77.9 Å². The van der Waals surface area contributed by atoms with E-state index in [4.69, 9.17) is 19.4 Å². The van der Waals surface area contributed by atoms with Gasteiger partial charge in [-0.25, -0.2) is 9.59 Å². The smallest absolute Gasteiger partial charge is 0.490 e. The van der Waals surface area contributed by atoms with Crippen LogP contribution < -0.4 is 24.6 Å². The van der Waals surface area contributed by atoms with Crippen LogP contribution in [0.2, 0.25) is 0 Å². The molecule has 3 N–H and O–H groups in total. The number of amides is 1. The third-order valence-corrected chi connectivity index (χ3v) is 6.12. The fourth-order valence-electron chi connectivity index (χ4n) is 4.02. The van der Waals surface area contributed by atoms with E-state index in [1.807, 2.05) is 24.3 Å². The van der Waals surface area contributed by atoms with Gasteiger partial charge in [0.1, 0.15) is 11.5 Å². The average molecular weight is 576 g/mol. The fraction of sp³-hybridized carbons (Fsp3) is 0.250. The molecule has 0 radical (unpaired) electrons. The predicted molar refractivity (Wildman–Crippen MR) is 145 cm³/mol. The van der Waals surface area contributed by atoms with E-state index in [9.17, 15) is 27.9 Å². The van der Waals surface area contributed by atoms with Crippen LogP contribution in [0.1, 0.15) is 20.7 Å². The van der Waals surface area contributed by atoms with Crippen molar-refractivity contribution in [3.8, 4) is 11.5 Å². The zero-order valence-electron chi connectivity index (χ0n) is 22.1. The number of aromatic carboxylic acids is 1. The van der Waals surface area contributed by atoms with Gasteiger partial charge in [0.15, 0.2) is 0 Å². The summed E-state index contributed by atoms with van der Waals surface area (Å²) >= 11 is 0. The first-order valence-electron chi connectivity index (χ1n) is 12.2. The lowest BCUT2D eigenvalue weighted by atomic mass is 10.1. The molecule has 1 aliphatic heterocycles. The molecule has 41 heavy (non-hydrogen) atoms. The number of alkyl halides is 3. The number of nitrogens with one attached hydrogen (secondary N) is 1. The first-order valence-corrected chi connectivity index (χ1v) is 12.2. The molecule has 1 amide bonds. The molecular formula is C28H28F3N3O7. The van der Waals surface area contributed by atoms with E-state index in [-0.39, 0.29) is 11.5 Å². The number of aliphatic carboxylic acids is 1. The summed E-state index contributed by atoms with van der Waals surface area (Å²) in [6.45, 7) is 2.86. The van der Waals surface area contributed by atoms with Crippen LogP contribution >= 0.6 is 0 Å². The highest BCUT2D eigenvalue weighted by Crippen LogP contribution is 2.28. The van der Waals surface area contributed by atoms with Crippen LogP contribution in [0.25, 0.3) is 0 Å². The van der Waals surface area contributed by atoms with Gasteiger partial charge in [0.2, 0.25) is 0 Å². The molecule has 218 valence electrons. The first kappa shape index (κ1) is 30.6. The van der Waals surface area contributed by atoms with Crippen LogP contribution in [0.3, 0.4) is 0 Å². The highest BCUT2D eigenvalue weighted by Gasteiger charge is 2.38. The number of carbonyl (C=O) groups excluding carboxylic acids is 1. The van der Waals surface area contributed by atoms with Gasteiger partial charge in [0.05, 0.1) is 25.5 Å². The molecule has 1 fully saturated rings. The number of methoxy groups -OCH3 is 2. The van der Waals surface area contributed by atoms with Crippen molar-refractivity contribution in [2.75, 3.05) is 55.5 Å². The number of ether oxygens (including phenoxy) is 2. The van der Waals surface area contributed by atoms with Crippen LogP contribution in [-0.4, -0.2) is 74.6 Å². The number of halogens is 3. The van der Waals surface area contributed by atoms with Gasteiger partial charge in [-0.3, -0.25) is 4.79 Å². The Labute approximate surface area is 233 Å². The molecule has 1 aliphatic rings. The van der Waals surface area contributed by atoms with Gasteiger partial charge in [0, 0.05) is 49.2 Å². The predicted octanol–water partition coefficient (Wildman–Crippen LogP) is 4.61. The van der Waals surface area contributed by atoms with Crippen LogP contribution in [0.15, 0.2) is 66.7 Å². The minimum Gasteiger partial charge on any atom is -0.497 e. The standard InChI is InChI=1S/C26H27N3O5.C2HF3O2/c1-33-21-9-6-18(7-10-21)25(30)27-19-8-11-24(23(16-19)26(31)32)29-14-12-28(13-15-29)20-4-3-5-22(17-20)34-2;3-2(4,5)1(6)7/h3-11,16-17H,12-15H2,1-2H3,(H,27,30)(H,31,32);(H,6,7). The topological polar surface area (TPSA) is 129 Å². The summed E-state index contributed by atoms with van der Waals surface area (Å²) in [5.74, 6) is -2.65. The second-order valence-corrected chi connectivity index (χ2v) is 8.70. The van der Waals surface area contributed by atoms with Crippen LogP contribution in [0, 0.1) is 0 Å². The molecule has 13 heteroatoms. The lowest BCUT2D eigenvalue weighted by Gasteiger charge is -2.38. The molecule has 4 rings (SSSR count). The number of carbonyl (C=O) groups is 3. The summed E-state index contributed by atoms with van der Waals surface area (Å²) in [5.41, 5.74) is 2.75. The Balaban J connectivity index is 0.000000587. The molecule has 0 spiro atoms. The minimum absolute atomic E-state index is 0.155. The number of carboxylic acids is 2. The van der Waals surface area contributed by atoms with Gasteiger partial charge < -0.3 is 34.8 Å². The summed E-state index contributed by atoms with van der Waals surface area (Å²) in [4.78, 5) is 37.8. The van der Waals surface area contributed by atoms with Crippen molar-refractivity contribution in [2.24, 2.45) is 0 Å². The fourth-order valence-corrected chi connectivity index (χ4v) is 4.02. The number of nitrogens with zero attached hydrogens (tertiary/aromatic N) is 2. The van der Waals surface area contributed by atoms with Crippen LogP contribution in [-0.2, 0) is 4.79 Å². The zero-order valence-corrected chi connectivity index (χ0v) is 22.1. The monoisotopic (exact) mass is 575 g/mol. The van der Waals surface area contributed by atoms with E-state index >= 15 is 0 Å². The molecule has 1 heterocycles. The maximum Gasteiger partial charge on any atom is 0.490 e. The Kier molecular flexibility index (Phi) is 10.0. The van der Waals surface area contributed by atoms with Gasteiger partial charge >= 0.3 is 18.1 Å². The minimum atomic E-state index is -5.08. The summed E-state index contributed by atoms with van der Waals surface area (Å²) < 4.78 is 42.2. The summed E-state index contributed by atoms with van der Waals surface area (Å²) in [5, 5.41) is 19.7. The average Bonchev–Trinajstić information content (AvgIpc) is 2.97. The molecule has 3 aromatic carbocycles. The molecule has 0 saturated carbocycles. The summed E-state index contributed by atoms with van der Waals surface area (Å²) in [6.07, 6.45) is -5.08. The van der Waals surface area contributed by atoms with E-state index in [1.165, 1.54) is 6.07 Å². The maximum atomic E-state index is 12.6. The Morgan fingerprint density at radius 2 is 1.39 bits per heavy atom. The number of rotatable bonds is 7. The quantitative estimate of drug-likeness (QED) is 0.370. The number of carboxylic acid groups (broad SMARTS) is 2. The Morgan fingerprint density at radius 3 is 1.93 bits per heavy atom. The van der Waals surface area contributed by atoms with E-state index in [0.717, 1.165) is 24.5 Å². The van der Waals surface area contributed by atoms with E-state index in [2.05, 4.69) is 15.1 Å². The van der Waals surface area contributed by atoms with E-state index < -0.39 is 18.1 Å². The third kappa shape index (κ3) is 8.27. The van der Waals surface area contributed by atoms with Gasteiger partial charge in [-0.1, -0.05) is 6.07 Å². The lowest BCUT2D eigenvalue weighted by Crippen LogP contribution is -2.47. The number of piperazine rings is 1. The van der Waals surface area contributed by atoms with E-state index in [1.54, 1.807) is 50.6 Å². The van der Waals surface area contributed by atoms with Gasteiger partial charge in [0.25, 0.3) is 5.91 Å². The van der Waals surface area contributed by atoms with Gasteiger partial charge in [-0.05, 0) is 54.6 Å². The molecule has 10 nitrogen and oxygen atoms in total. The van der Waals surface area contributed by atoms with Gasteiger partial charge in [-0.2, -0.15) is 13.2 Å². The van der Waals surface area contributed by atoms with Crippen molar-refractivity contribution < 1.29 is 47.2 Å². The number of benzene rings is 3. The van der Waals surface area contributed by atoms with Crippen molar-refractivity contribution >= 4 is 34.9 Å². The molecular weight excluding hydrogens is 547 g/mol. The molecule has 0 unspecified atom stereocenters. The molecule has 0 aromatic heterocycles. The zero-order chi connectivity index (χ0) is 30.2. The summed E-state index contributed by atoms with van der Waals surface area (Å²) in [7, 11) is 3.20. The van der Waals surface area contributed by atoms with Crippen molar-refractivity contribution in [2.45, 2.75) is 6.18 Å². The lowest BCUT2D eigenvalue weighted by molar-refractivity contribution is -0.192. The normalized spacial score (nSPS) is 13.0. The highest BCUT2D eigenvalue weighted by molar-refractivity contribution is 6.05. The second kappa shape index (κ2) is 13.4. The van der Waals surface area contributed by atoms with Crippen LogP contribution in [0.4, 0.5) is 30.2 Å². The molecule has 0 aliphatic carbocycles. The summed E-state index contributed by atoms with van der Waals surface area (Å²) in [6, 6.07) is 19.6. The number of hydrogen-bond acceptors (Lipinski definition) is 7. The first-order chi connectivity index (χ1) is 19.4. The molecule has 0 atom stereocenters. The molecule has 1 saturated heterocycles. The number of anilines is 3. The molecule has 0 bridgehead atoms. The van der Waals surface area contributed by atoms with Gasteiger partial charge in [-0.15, -0.1) is 0 Å². The van der Waals surface area contributed by atoms with Crippen molar-refractivity contribution in [3.63, 3.8) is 0 Å².